The first-order valence-electron chi connectivity index (χ1n) is 5.85. The SMILES string of the molecule is OC1CCC2NC3CC=CC=CC3=C2C1. The van der Waals surface area contributed by atoms with Crippen LogP contribution in [0.3, 0.4) is 0 Å². The molecule has 3 aliphatic rings. The highest BCUT2D eigenvalue weighted by Gasteiger charge is 2.34. The van der Waals surface area contributed by atoms with Crippen molar-refractivity contribution in [3.8, 4) is 0 Å². The molecule has 0 spiro atoms. The molecule has 2 N–H and O–H groups in total. The van der Waals surface area contributed by atoms with Crippen LogP contribution in [0.5, 0.6) is 0 Å². The number of allylic oxidation sites excluding steroid dienone is 2. The number of hydrogen-bond acceptors (Lipinski definition) is 2. The Balaban J connectivity index is 1.95. The number of rotatable bonds is 0. The summed E-state index contributed by atoms with van der Waals surface area (Å²) in [5, 5.41) is 13.4. The summed E-state index contributed by atoms with van der Waals surface area (Å²) in [6.45, 7) is 0. The number of fused-ring (bicyclic) bond motifs is 2. The number of hydrogen-bond donors (Lipinski definition) is 2. The minimum Gasteiger partial charge on any atom is -0.393 e. The molecular weight excluding hydrogens is 186 g/mol. The Morgan fingerprint density at radius 2 is 2.13 bits per heavy atom. The van der Waals surface area contributed by atoms with Gasteiger partial charge in [0, 0.05) is 12.1 Å². The molecule has 1 heterocycles. The first-order valence-corrected chi connectivity index (χ1v) is 5.85. The highest BCUT2D eigenvalue weighted by molar-refractivity contribution is 5.42. The van der Waals surface area contributed by atoms with Gasteiger partial charge in [0.05, 0.1) is 6.10 Å². The van der Waals surface area contributed by atoms with E-state index >= 15 is 0 Å². The Bertz CT molecular complexity index is 354. The molecule has 2 aliphatic carbocycles. The van der Waals surface area contributed by atoms with Crippen molar-refractivity contribution in [2.75, 3.05) is 0 Å². The van der Waals surface area contributed by atoms with Crippen LogP contribution in [0.15, 0.2) is 35.5 Å². The van der Waals surface area contributed by atoms with Gasteiger partial charge in [-0.1, -0.05) is 24.3 Å². The van der Waals surface area contributed by atoms with Gasteiger partial charge in [0.15, 0.2) is 0 Å². The average molecular weight is 203 g/mol. The standard InChI is InChI=1S/C13H17NO/c15-9-6-7-13-11(8-9)10-4-2-1-3-5-12(10)14-13/h1-4,9,12-15H,5-8H2. The molecule has 0 radical (unpaired) electrons. The molecule has 1 fully saturated rings. The first-order chi connectivity index (χ1) is 7.34. The summed E-state index contributed by atoms with van der Waals surface area (Å²) in [6.07, 6.45) is 12.5. The zero-order chi connectivity index (χ0) is 10.3. The van der Waals surface area contributed by atoms with E-state index in [2.05, 4.69) is 29.6 Å². The second-order valence-corrected chi connectivity index (χ2v) is 4.71. The summed E-state index contributed by atoms with van der Waals surface area (Å²) in [5.74, 6) is 0. The maximum Gasteiger partial charge on any atom is 0.0578 e. The quantitative estimate of drug-likeness (QED) is 0.628. The third-order valence-electron chi connectivity index (χ3n) is 3.71. The van der Waals surface area contributed by atoms with E-state index in [4.69, 9.17) is 0 Å². The van der Waals surface area contributed by atoms with Crippen LogP contribution in [0.25, 0.3) is 0 Å². The fourth-order valence-corrected chi connectivity index (χ4v) is 2.96. The third kappa shape index (κ3) is 1.58. The van der Waals surface area contributed by atoms with Crippen molar-refractivity contribution in [1.82, 2.24) is 5.32 Å². The summed E-state index contributed by atoms with van der Waals surface area (Å²) in [5.41, 5.74) is 2.89. The Labute approximate surface area is 90.4 Å². The number of aliphatic hydroxyl groups excluding tert-OH is 1. The minimum absolute atomic E-state index is 0.117. The molecule has 1 aliphatic heterocycles. The second-order valence-electron chi connectivity index (χ2n) is 4.71. The zero-order valence-corrected chi connectivity index (χ0v) is 8.82. The summed E-state index contributed by atoms with van der Waals surface area (Å²) in [6, 6.07) is 1.02. The van der Waals surface area contributed by atoms with Gasteiger partial charge in [-0.15, -0.1) is 0 Å². The van der Waals surface area contributed by atoms with Crippen molar-refractivity contribution >= 4 is 0 Å². The molecule has 3 unspecified atom stereocenters. The molecule has 1 saturated carbocycles. The molecule has 0 bridgehead atoms. The van der Waals surface area contributed by atoms with Gasteiger partial charge < -0.3 is 10.4 Å². The van der Waals surface area contributed by atoms with E-state index in [1.165, 1.54) is 11.1 Å². The Kier molecular flexibility index (Phi) is 2.26. The first kappa shape index (κ1) is 9.37. The van der Waals surface area contributed by atoms with Crippen LogP contribution in [-0.4, -0.2) is 23.3 Å². The average Bonchev–Trinajstić information content (AvgIpc) is 2.44. The normalized spacial score (nSPS) is 38.9. The van der Waals surface area contributed by atoms with E-state index in [-0.39, 0.29) is 6.10 Å². The zero-order valence-electron chi connectivity index (χ0n) is 8.82. The van der Waals surface area contributed by atoms with E-state index in [0.717, 1.165) is 25.7 Å². The topological polar surface area (TPSA) is 32.3 Å². The highest BCUT2D eigenvalue weighted by Crippen LogP contribution is 2.35. The van der Waals surface area contributed by atoms with Gasteiger partial charge in [0.2, 0.25) is 0 Å². The van der Waals surface area contributed by atoms with Crippen LogP contribution < -0.4 is 5.32 Å². The van der Waals surface area contributed by atoms with Gasteiger partial charge >= 0.3 is 0 Å². The summed E-state index contributed by atoms with van der Waals surface area (Å²) in [7, 11) is 0. The van der Waals surface area contributed by atoms with Gasteiger partial charge in [0.25, 0.3) is 0 Å². The Hall–Kier alpha value is -0.860. The van der Waals surface area contributed by atoms with Gasteiger partial charge in [-0.3, -0.25) is 0 Å². The molecular formula is C13H17NO. The molecule has 0 amide bonds. The van der Waals surface area contributed by atoms with Crippen molar-refractivity contribution < 1.29 is 5.11 Å². The largest absolute Gasteiger partial charge is 0.393 e. The second kappa shape index (κ2) is 3.62. The third-order valence-corrected chi connectivity index (χ3v) is 3.71. The molecule has 3 atom stereocenters. The lowest BCUT2D eigenvalue weighted by Crippen LogP contribution is -2.35. The van der Waals surface area contributed by atoms with Gasteiger partial charge in [-0.05, 0) is 36.8 Å². The maximum atomic E-state index is 9.72. The lowest BCUT2D eigenvalue weighted by molar-refractivity contribution is 0.143. The van der Waals surface area contributed by atoms with Crippen molar-refractivity contribution in [3.05, 3.63) is 35.5 Å². The Morgan fingerprint density at radius 1 is 1.20 bits per heavy atom. The molecule has 2 nitrogen and oxygen atoms in total. The van der Waals surface area contributed by atoms with Gasteiger partial charge in [-0.25, -0.2) is 0 Å². The van der Waals surface area contributed by atoms with Crippen molar-refractivity contribution in [2.45, 2.75) is 43.9 Å². The van der Waals surface area contributed by atoms with E-state index in [0.29, 0.717) is 12.1 Å². The van der Waals surface area contributed by atoms with E-state index in [1.807, 2.05) is 0 Å². The van der Waals surface area contributed by atoms with E-state index in [9.17, 15) is 5.11 Å². The van der Waals surface area contributed by atoms with Crippen LogP contribution >= 0.6 is 0 Å². The van der Waals surface area contributed by atoms with Crippen molar-refractivity contribution in [3.63, 3.8) is 0 Å². The molecule has 3 rings (SSSR count). The fraction of sp³-hybridized carbons (Fsp3) is 0.538. The van der Waals surface area contributed by atoms with Crippen molar-refractivity contribution in [2.24, 2.45) is 0 Å². The molecule has 0 aromatic rings. The molecule has 0 aromatic heterocycles. The van der Waals surface area contributed by atoms with Crippen molar-refractivity contribution in [1.29, 1.82) is 0 Å². The fourth-order valence-electron chi connectivity index (χ4n) is 2.96. The smallest absolute Gasteiger partial charge is 0.0578 e. The van der Waals surface area contributed by atoms with Gasteiger partial charge in [-0.2, -0.15) is 0 Å². The predicted molar refractivity (Wildman–Crippen MR) is 60.5 cm³/mol. The number of aliphatic hydroxyl groups is 1. The highest BCUT2D eigenvalue weighted by atomic mass is 16.3. The van der Waals surface area contributed by atoms with E-state index in [1.54, 1.807) is 0 Å². The van der Waals surface area contributed by atoms with Crippen LogP contribution in [0.2, 0.25) is 0 Å². The number of nitrogens with one attached hydrogen (secondary N) is 1. The monoisotopic (exact) mass is 203 g/mol. The molecule has 2 heteroatoms. The summed E-state index contributed by atoms with van der Waals surface area (Å²) >= 11 is 0. The summed E-state index contributed by atoms with van der Waals surface area (Å²) < 4.78 is 0. The molecule has 0 saturated heterocycles. The molecule has 0 aromatic carbocycles. The minimum atomic E-state index is -0.117. The van der Waals surface area contributed by atoms with E-state index < -0.39 is 0 Å². The maximum absolute atomic E-state index is 9.72. The van der Waals surface area contributed by atoms with Crippen LogP contribution in [0, 0.1) is 0 Å². The molecule has 15 heavy (non-hydrogen) atoms. The van der Waals surface area contributed by atoms with Gasteiger partial charge in [0.1, 0.15) is 0 Å². The Morgan fingerprint density at radius 3 is 3.07 bits per heavy atom. The van der Waals surface area contributed by atoms with Crippen LogP contribution in [-0.2, 0) is 0 Å². The van der Waals surface area contributed by atoms with Crippen LogP contribution in [0.4, 0.5) is 0 Å². The lowest BCUT2D eigenvalue weighted by atomic mass is 9.87. The lowest BCUT2D eigenvalue weighted by Gasteiger charge is -2.25. The summed E-state index contributed by atoms with van der Waals surface area (Å²) in [4.78, 5) is 0. The predicted octanol–water partition coefficient (Wildman–Crippen LogP) is 1.68. The van der Waals surface area contributed by atoms with Crippen LogP contribution in [0.1, 0.15) is 25.7 Å². The molecule has 80 valence electrons.